The fraction of sp³-hybridized carbons (Fsp3) is 0.381. The first-order valence-corrected chi connectivity index (χ1v) is 11.4. The summed E-state index contributed by atoms with van der Waals surface area (Å²) in [6.45, 7) is 2.77. The van der Waals surface area contributed by atoms with E-state index in [-0.39, 0.29) is 35.6 Å². The molecule has 2 aromatic rings. The SMILES string of the molecule is Cc1cccnc1NC(=O)C1CCCN(C(=O)CCNS(=O)(=O)c2ccccc2)C1. The lowest BCUT2D eigenvalue weighted by atomic mass is 9.96. The second-order valence-corrected chi connectivity index (χ2v) is 9.06. The van der Waals surface area contributed by atoms with E-state index in [1.54, 1.807) is 35.4 Å². The molecule has 1 atom stereocenters. The molecular formula is C21H26N4O4S. The summed E-state index contributed by atoms with van der Waals surface area (Å²) in [6.07, 6.45) is 3.08. The van der Waals surface area contributed by atoms with Crippen LogP contribution in [-0.2, 0) is 19.6 Å². The lowest BCUT2D eigenvalue weighted by Gasteiger charge is -2.32. The van der Waals surface area contributed by atoms with Gasteiger partial charge in [-0.25, -0.2) is 18.1 Å². The van der Waals surface area contributed by atoms with E-state index in [4.69, 9.17) is 0 Å². The van der Waals surface area contributed by atoms with Crippen LogP contribution in [0.2, 0.25) is 0 Å². The Labute approximate surface area is 176 Å². The Morgan fingerprint density at radius 1 is 1.17 bits per heavy atom. The van der Waals surface area contributed by atoms with Gasteiger partial charge in [-0.3, -0.25) is 9.59 Å². The molecule has 1 aromatic heterocycles. The lowest BCUT2D eigenvalue weighted by Crippen LogP contribution is -2.44. The van der Waals surface area contributed by atoms with Crippen LogP contribution in [0.3, 0.4) is 0 Å². The number of nitrogens with one attached hydrogen (secondary N) is 2. The Kier molecular flexibility index (Phi) is 7.17. The Morgan fingerprint density at radius 3 is 2.67 bits per heavy atom. The highest BCUT2D eigenvalue weighted by atomic mass is 32.2. The quantitative estimate of drug-likeness (QED) is 0.698. The van der Waals surface area contributed by atoms with Crippen molar-refractivity contribution >= 4 is 27.7 Å². The Bertz CT molecular complexity index is 995. The van der Waals surface area contributed by atoms with E-state index in [0.717, 1.165) is 12.0 Å². The number of amides is 2. The lowest BCUT2D eigenvalue weighted by molar-refractivity contribution is -0.134. The molecule has 0 radical (unpaired) electrons. The monoisotopic (exact) mass is 430 g/mol. The molecule has 0 aliphatic carbocycles. The van der Waals surface area contributed by atoms with Crippen molar-refractivity contribution < 1.29 is 18.0 Å². The van der Waals surface area contributed by atoms with Gasteiger partial charge < -0.3 is 10.2 Å². The molecule has 1 aromatic carbocycles. The van der Waals surface area contributed by atoms with Gasteiger partial charge in [-0.05, 0) is 43.5 Å². The van der Waals surface area contributed by atoms with Crippen molar-refractivity contribution in [3.63, 3.8) is 0 Å². The van der Waals surface area contributed by atoms with Gasteiger partial charge in [0, 0.05) is 32.3 Å². The molecule has 1 aliphatic rings. The van der Waals surface area contributed by atoms with Gasteiger partial charge in [-0.15, -0.1) is 0 Å². The summed E-state index contributed by atoms with van der Waals surface area (Å²) < 4.78 is 26.9. The number of rotatable bonds is 7. The van der Waals surface area contributed by atoms with E-state index in [1.807, 2.05) is 13.0 Å². The summed E-state index contributed by atoms with van der Waals surface area (Å²) in [5, 5.41) is 2.84. The Balaban J connectivity index is 1.50. The maximum absolute atomic E-state index is 12.6. The normalized spacial score (nSPS) is 16.8. The van der Waals surface area contributed by atoms with Gasteiger partial charge in [0.15, 0.2) is 0 Å². The molecule has 2 amide bonds. The fourth-order valence-corrected chi connectivity index (χ4v) is 4.44. The smallest absolute Gasteiger partial charge is 0.240 e. The van der Waals surface area contributed by atoms with E-state index in [1.165, 1.54) is 12.1 Å². The fourth-order valence-electron chi connectivity index (χ4n) is 3.39. The number of benzene rings is 1. The van der Waals surface area contributed by atoms with Crippen LogP contribution in [0.4, 0.5) is 5.82 Å². The van der Waals surface area contributed by atoms with Crippen molar-refractivity contribution in [3.05, 3.63) is 54.2 Å². The first-order valence-electron chi connectivity index (χ1n) is 9.92. The molecule has 3 rings (SSSR count). The van der Waals surface area contributed by atoms with Crippen LogP contribution in [0.5, 0.6) is 0 Å². The van der Waals surface area contributed by atoms with Crippen LogP contribution in [0, 0.1) is 12.8 Å². The third-order valence-electron chi connectivity index (χ3n) is 5.08. The second kappa shape index (κ2) is 9.82. The number of anilines is 1. The molecule has 30 heavy (non-hydrogen) atoms. The van der Waals surface area contributed by atoms with Gasteiger partial charge in [0.2, 0.25) is 21.8 Å². The summed E-state index contributed by atoms with van der Waals surface area (Å²) in [7, 11) is -3.64. The minimum atomic E-state index is -3.64. The second-order valence-electron chi connectivity index (χ2n) is 7.30. The Morgan fingerprint density at radius 2 is 1.93 bits per heavy atom. The maximum atomic E-state index is 12.6. The van der Waals surface area contributed by atoms with Crippen LogP contribution in [0.25, 0.3) is 0 Å². The van der Waals surface area contributed by atoms with Crippen LogP contribution in [-0.4, -0.2) is 49.8 Å². The molecule has 2 heterocycles. The zero-order valence-electron chi connectivity index (χ0n) is 16.9. The number of piperidine rings is 1. The average Bonchev–Trinajstić information content (AvgIpc) is 2.76. The number of pyridine rings is 1. The van der Waals surface area contributed by atoms with E-state index in [9.17, 15) is 18.0 Å². The molecule has 8 nitrogen and oxygen atoms in total. The number of carbonyl (C=O) groups excluding carboxylic acids is 2. The van der Waals surface area contributed by atoms with Crippen molar-refractivity contribution in [2.75, 3.05) is 25.0 Å². The van der Waals surface area contributed by atoms with E-state index < -0.39 is 10.0 Å². The number of aryl methyl sites for hydroxylation is 1. The summed E-state index contributed by atoms with van der Waals surface area (Å²) in [4.78, 5) is 31.1. The largest absolute Gasteiger partial charge is 0.342 e. The third-order valence-corrected chi connectivity index (χ3v) is 6.56. The predicted molar refractivity (Wildman–Crippen MR) is 113 cm³/mol. The van der Waals surface area contributed by atoms with Gasteiger partial charge >= 0.3 is 0 Å². The number of hydrogen-bond acceptors (Lipinski definition) is 5. The Hall–Kier alpha value is -2.78. The van der Waals surface area contributed by atoms with Gasteiger partial charge in [0.25, 0.3) is 0 Å². The van der Waals surface area contributed by atoms with Crippen molar-refractivity contribution in [2.45, 2.75) is 31.1 Å². The van der Waals surface area contributed by atoms with Crippen LogP contribution >= 0.6 is 0 Å². The van der Waals surface area contributed by atoms with Crippen molar-refractivity contribution in [3.8, 4) is 0 Å². The summed E-state index contributed by atoms with van der Waals surface area (Å²) in [6, 6.07) is 11.7. The predicted octanol–water partition coefficient (Wildman–Crippen LogP) is 1.94. The molecule has 1 aliphatic heterocycles. The molecule has 9 heteroatoms. The standard InChI is InChI=1S/C21H26N4O4S/c1-16-7-5-12-22-20(16)24-21(27)17-8-6-14-25(15-17)19(26)11-13-23-30(28,29)18-9-3-2-4-10-18/h2-5,7,9-10,12,17,23H,6,8,11,13-15H2,1H3,(H,22,24,27). The van der Waals surface area contributed by atoms with Gasteiger partial charge in [0.1, 0.15) is 5.82 Å². The number of nitrogens with zero attached hydrogens (tertiary/aromatic N) is 2. The number of aromatic nitrogens is 1. The number of sulfonamides is 1. The number of likely N-dealkylation sites (tertiary alicyclic amines) is 1. The van der Waals surface area contributed by atoms with Crippen LogP contribution in [0.1, 0.15) is 24.8 Å². The van der Waals surface area contributed by atoms with Crippen LogP contribution < -0.4 is 10.0 Å². The van der Waals surface area contributed by atoms with E-state index in [2.05, 4.69) is 15.0 Å². The molecular weight excluding hydrogens is 404 g/mol. The minimum absolute atomic E-state index is 0.0105. The third kappa shape index (κ3) is 5.64. The summed E-state index contributed by atoms with van der Waals surface area (Å²) in [5.41, 5.74) is 0.875. The molecule has 160 valence electrons. The van der Waals surface area contributed by atoms with E-state index >= 15 is 0 Å². The molecule has 1 unspecified atom stereocenters. The molecule has 2 N–H and O–H groups in total. The highest BCUT2D eigenvalue weighted by molar-refractivity contribution is 7.89. The first-order chi connectivity index (χ1) is 14.4. The topological polar surface area (TPSA) is 108 Å². The van der Waals surface area contributed by atoms with Crippen molar-refractivity contribution in [2.24, 2.45) is 5.92 Å². The zero-order valence-corrected chi connectivity index (χ0v) is 17.7. The summed E-state index contributed by atoms with van der Waals surface area (Å²) in [5.74, 6) is -0.109. The molecule has 0 saturated carbocycles. The first kappa shape index (κ1) is 21.9. The minimum Gasteiger partial charge on any atom is -0.342 e. The molecule has 0 spiro atoms. The van der Waals surface area contributed by atoms with E-state index in [0.29, 0.717) is 25.3 Å². The molecule has 0 bridgehead atoms. The van der Waals surface area contributed by atoms with Crippen molar-refractivity contribution in [1.29, 1.82) is 0 Å². The van der Waals surface area contributed by atoms with Gasteiger partial charge in [-0.2, -0.15) is 0 Å². The zero-order chi connectivity index (χ0) is 21.6. The van der Waals surface area contributed by atoms with Crippen molar-refractivity contribution in [1.82, 2.24) is 14.6 Å². The highest BCUT2D eigenvalue weighted by Gasteiger charge is 2.28. The highest BCUT2D eigenvalue weighted by Crippen LogP contribution is 2.20. The average molecular weight is 431 g/mol. The number of hydrogen-bond donors (Lipinski definition) is 2. The molecule has 1 saturated heterocycles. The van der Waals surface area contributed by atoms with Gasteiger partial charge in [-0.1, -0.05) is 24.3 Å². The van der Waals surface area contributed by atoms with Gasteiger partial charge in [0.05, 0.1) is 10.8 Å². The molecule has 1 fully saturated rings. The van der Waals surface area contributed by atoms with Crippen LogP contribution in [0.15, 0.2) is 53.6 Å². The number of carbonyl (C=O) groups is 2. The maximum Gasteiger partial charge on any atom is 0.240 e. The summed E-state index contributed by atoms with van der Waals surface area (Å²) >= 11 is 0.